The van der Waals surface area contributed by atoms with E-state index in [9.17, 15) is 4.79 Å². The molecule has 1 unspecified atom stereocenters. The van der Waals surface area contributed by atoms with E-state index in [2.05, 4.69) is 46.0 Å². The Bertz CT molecular complexity index is 865. The number of carbonyl (C=O) groups excluding carboxylic acids is 1. The van der Waals surface area contributed by atoms with Crippen LogP contribution in [0.2, 0.25) is 0 Å². The van der Waals surface area contributed by atoms with Gasteiger partial charge in [-0.25, -0.2) is 4.98 Å². The largest absolute Gasteiger partial charge is 0.348 e. The second-order valence-electron chi connectivity index (χ2n) is 8.62. The van der Waals surface area contributed by atoms with E-state index in [1.54, 1.807) is 0 Å². The smallest absolute Gasteiger partial charge is 0.226 e. The van der Waals surface area contributed by atoms with Crippen molar-refractivity contribution in [1.29, 1.82) is 0 Å². The van der Waals surface area contributed by atoms with Crippen molar-refractivity contribution >= 4 is 5.91 Å². The Hall–Kier alpha value is -2.14. The molecule has 5 rings (SSSR count). The number of amides is 1. The van der Waals surface area contributed by atoms with E-state index in [0.717, 1.165) is 64.7 Å². The molecule has 28 heavy (non-hydrogen) atoms. The lowest BCUT2D eigenvalue weighted by Crippen LogP contribution is -2.57. The van der Waals surface area contributed by atoms with Gasteiger partial charge in [-0.2, -0.15) is 0 Å². The Balaban J connectivity index is 1.31. The summed E-state index contributed by atoms with van der Waals surface area (Å²) in [4.78, 5) is 26.1. The maximum Gasteiger partial charge on any atom is 0.226 e. The number of likely N-dealkylation sites (N-methyl/N-ethyl adjacent to an activating group) is 1. The van der Waals surface area contributed by atoms with Crippen LogP contribution in [0.5, 0.6) is 0 Å². The highest BCUT2D eigenvalue weighted by atomic mass is 16.2. The van der Waals surface area contributed by atoms with Gasteiger partial charge in [-0.3, -0.25) is 9.69 Å². The molecule has 5 heteroatoms. The molecular formula is C23H30N4O. The van der Waals surface area contributed by atoms with Gasteiger partial charge in [-0.05, 0) is 49.8 Å². The Morgan fingerprint density at radius 3 is 2.75 bits per heavy atom. The van der Waals surface area contributed by atoms with E-state index >= 15 is 0 Å². The Labute approximate surface area is 167 Å². The fourth-order valence-corrected chi connectivity index (χ4v) is 5.80. The molecule has 2 aromatic rings. The minimum atomic E-state index is 0.0122. The highest BCUT2D eigenvalue weighted by molar-refractivity contribution is 5.79. The first-order valence-electron chi connectivity index (χ1n) is 10.8. The normalized spacial score (nSPS) is 24.0. The number of aromatic amines is 1. The Morgan fingerprint density at radius 1 is 1.18 bits per heavy atom. The highest BCUT2D eigenvalue weighted by Crippen LogP contribution is 2.42. The van der Waals surface area contributed by atoms with Crippen LogP contribution in [0.3, 0.4) is 0 Å². The van der Waals surface area contributed by atoms with Gasteiger partial charge >= 0.3 is 0 Å². The van der Waals surface area contributed by atoms with E-state index in [0.29, 0.717) is 5.91 Å². The molecule has 1 saturated heterocycles. The first-order chi connectivity index (χ1) is 13.7. The summed E-state index contributed by atoms with van der Waals surface area (Å²) in [5, 5.41) is 0. The molecule has 0 radical (unpaired) electrons. The number of fused-ring (bicyclic) bond motifs is 3. The summed E-state index contributed by atoms with van der Waals surface area (Å²) in [6.07, 6.45) is 7.81. The number of aromatic nitrogens is 2. The lowest BCUT2D eigenvalue weighted by atomic mass is 9.78. The molecule has 1 N–H and O–H groups in total. The lowest BCUT2D eigenvalue weighted by Gasteiger charge is -2.50. The Morgan fingerprint density at radius 2 is 1.96 bits per heavy atom. The minimum absolute atomic E-state index is 0.0122. The van der Waals surface area contributed by atoms with Crippen LogP contribution >= 0.6 is 0 Å². The summed E-state index contributed by atoms with van der Waals surface area (Å²) in [5.74, 6) is 0.518. The number of aryl methyl sites for hydroxylation is 1. The van der Waals surface area contributed by atoms with E-state index in [4.69, 9.17) is 4.98 Å². The molecular weight excluding hydrogens is 348 g/mol. The van der Waals surface area contributed by atoms with Crippen LogP contribution in [-0.4, -0.2) is 51.9 Å². The molecule has 3 aliphatic rings. The fourth-order valence-electron chi connectivity index (χ4n) is 5.80. The van der Waals surface area contributed by atoms with Gasteiger partial charge in [0.2, 0.25) is 5.91 Å². The number of imidazole rings is 1. The van der Waals surface area contributed by atoms with Crippen molar-refractivity contribution in [3.8, 4) is 0 Å². The second-order valence-corrected chi connectivity index (χ2v) is 8.62. The minimum Gasteiger partial charge on any atom is -0.348 e. The third-order valence-electron chi connectivity index (χ3n) is 7.38. The van der Waals surface area contributed by atoms with Crippen molar-refractivity contribution < 1.29 is 4.79 Å². The number of likely N-dealkylation sites (tertiary alicyclic amines) is 1. The van der Waals surface area contributed by atoms with Gasteiger partial charge in [0.25, 0.3) is 0 Å². The second kappa shape index (κ2) is 7.03. The monoisotopic (exact) mass is 378 g/mol. The fraction of sp³-hybridized carbons (Fsp3) is 0.565. The topological polar surface area (TPSA) is 52.2 Å². The molecule has 148 valence electrons. The molecule has 1 aromatic heterocycles. The predicted molar refractivity (Wildman–Crippen MR) is 109 cm³/mol. The maximum atomic E-state index is 13.3. The number of hydrogen-bond acceptors (Lipinski definition) is 3. The van der Waals surface area contributed by atoms with Gasteiger partial charge in [0.1, 0.15) is 0 Å². The van der Waals surface area contributed by atoms with E-state index in [1.807, 2.05) is 6.33 Å². The molecule has 0 saturated carbocycles. The number of carbonyl (C=O) groups is 1. The van der Waals surface area contributed by atoms with Crippen molar-refractivity contribution in [3.63, 3.8) is 0 Å². The molecule has 1 atom stereocenters. The Kier molecular flexibility index (Phi) is 4.50. The van der Waals surface area contributed by atoms with Crippen molar-refractivity contribution in [3.05, 3.63) is 53.1 Å². The van der Waals surface area contributed by atoms with E-state index < -0.39 is 0 Å². The van der Waals surface area contributed by atoms with Gasteiger partial charge < -0.3 is 9.88 Å². The maximum absolute atomic E-state index is 13.3. The molecule has 0 bridgehead atoms. The van der Waals surface area contributed by atoms with Crippen LogP contribution in [0.15, 0.2) is 30.6 Å². The number of piperidine rings is 1. The number of hydrogen-bond donors (Lipinski definition) is 1. The summed E-state index contributed by atoms with van der Waals surface area (Å²) in [6, 6.07) is 8.61. The quantitative estimate of drug-likeness (QED) is 0.874. The first-order valence-corrected chi connectivity index (χ1v) is 10.8. The SMILES string of the molecule is CCN1CCc2[nH]cnc2C12CCN(C(=O)C1CCc3ccccc3C1)CC2. The zero-order valence-electron chi connectivity index (χ0n) is 16.8. The number of nitrogens with zero attached hydrogens (tertiary/aromatic N) is 3. The summed E-state index contributed by atoms with van der Waals surface area (Å²) in [7, 11) is 0. The van der Waals surface area contributed by atoms with Gasteiger partial charge in [0.05, 0.1) is 17.6 Å². The summed E-state index contributed by atoms with van der Waals surface area (Å²) >= 11 is 0. The average Bonchev–Trinajstić information content (AvgIpc) is 3.24. The lowest BCUT2D eigenvalue weighted by molar-refractivity contribution is -0.139. The zero-order chi connectivity index (χ0) is 19.1. The number of nitrogens with one attached hydrogen (secondary N) is 1. The van der Waals surface area contributed by atoms with E-state index in [1.165, 1.54) is 22.5 Å². The first kappa shape index (κ1) is 17.9. The van der Waals surface area contributed by atoms with Crippen molar-refractivity contribution in [1.82, 2.24) is 19.8 Å². The molecule has 3 heterocycles. The summed E-state index contributed by atoms with van der Waals surface area (Å²) < 4.78 is 0. The van der Waals surface area contributed by atoms with Gasteiger partial charge in [0, 0.05) is 37.7 Å². The van der Waals surface area contributed by atoms with Crippen LogP contribution in [0.1, 0.15) is 48.7 Å². The van der Waals surface area contributed by atoms with Crippen LogP contribution < -0.4 is 0 Å². The van der Waals surface area contributed by atoms with Crippen LogP contribution in [0.4, 0.5) is 0 Å². The zero-order valence-corrected chi connectivity index (χ0v) is 16.8. The molecule has 1 amide bonds. The number of H-pyrrole nitrogens is 1. The van der Waals surface area contributed by atoms with Crippen LogP contribution in [0.25, 0.3) is 0 Å². The number of rotatable bonds is 2. The van der Waals surface area contributed by atoms with Gasteiger partial charge in [-0.1, -0.05) is 31.2 Å². The molecule has 1 fully saturated rings. The predicted octanol–water partition coefficient (Wildman–Crippen LogP) is 2.91. The molecule has 2 aliphatic heterocycles. The van der Waals surface area contributed by atoms with Gasteiger partial charge in [0.15, 0.2) is 0 Å². The number of benzene rings is 1. The molecule has 1 aliphatic carbocycles. The highest BCUT2D eigenvalue weighted by Gasteiger charge is 2.47. The van der Waals surface area contributed by atoms with Crippen molar-refractivity contribution in [2.45, 2.75) is 51.0 Å². The average molecular weight is 379 g/mol. The third kappa shape index (κ3) is 2.79. The molecule has 5 nitrogen and oxygen atoms in total. The van der Waals surface area contributed by atoms with Crippen molar-refractivity contribution in [2.75, 3.05) is 26.2 Å². The third-order valence-corrected chi connectivity index (χ3v) is 7.38. The van der Waals surface area contributed by atoms with Crippen LogP contribution in [0, 0.1) is 5.92 Å². The van der Waals surface area contributed by atoms with Crippen LogP contribution in [-0.2, 0) is 29.6 Å². The molecule has 1 aromatic carbocycles. The van der Waals surface area contributed by atoms with Gasteiger partial charge in [-0.15, -0.1) is 0 Å². The van der Waals surface area contributed by atoms with E-state index in [-0.39, 0.29) is 11.5 Å². The van der Waals surface area contributed by atoms with Crippen molar-refractivity contribution in [2.24, 2.45) is 5.92 Å². The summed E-state index contributed by atoms with van der Waals surface area (Å²) in [6.45, 7) is 6.06. The summed E-state index contributed by atoms with van der Waals surface area (Å²) in [5.41, 5.74) is 5.34. The standard InChI is InChI=1S/C23H30N4O/c1-2-27-12-9-20-21(25-16-24-20)23(27)10-13-26(14-11-23)22(28)19-8-7-17-5-3-4-6-18(17)15-19/h3-6,16,19H,2,7-15H2,1H3,(H,24,25). The molecule has 1 spiro atoms.